The minimum Gasteiger partial charge on any atom is -0.379 e. The van der Waals surface area contributed by atoms with E-state index in [4.69, 9.17) is 16.3 Å². The van der Waals surface area contributed by atoms with E-state index in [-0.39, 0.29) is 17.1 Å². The number of nitrogens with one attached hydrogen (secondary N) is 2. The molecule has 1 heterocycles. The average molecular weight is 380 g/mol. The number of benzene rings is 1. The second-order valence-corrected chi connectivity index (χ2v) is 6.13. The Morgan fingerprint density at radius 3 is 2.64 bits per heavy atom. The number of alkyl halides is 3. The summed E-state index contributed by atoms with van der Waals surface area (Å²) in [4.78, 5) is 14.1. The molecule has 1 aromatic rings. The number of hydrogen-bond donors (Lipinski definition) is 2. The summed E-state index contributed by atoms with van der Waals surface area (Å²) >= 11 is 5.61. The van der Waals surface area contributed by atoms with Crippen LogP contribution in [0.3, 0.4) is 0 Å². The van der Waals surface area contributed by atoms with Crippen molar-refractivity contribution in [2.24, 2.45) is 0 Å². The van der Waals surface area contributed by atoms with Crippen molar-refractivity contribution in [1.29, 1.82) is 0 Å². The third-order valence-corrected chi connectivity index (χ3v) is 4.03. The Morgan fingerprint density at radius 1 is 1.24 bits per heavy atom. The minimum absolute atomic E-state index is 0.0323. The van der Waals surface area contributed by atoms with Gasteiger partial charge < -0.3 is 15.4 Å². The van der Waals surface area contributed by atoms with Crippen LogP contribution in [0.25, 0.3) is 0 Å². The van der Waals surface area contributed by atoms with E-state index in [0.29, 0.717) is 13.1 Å². The Balaban J connectivity index is 1.73. The fourth-order valence-corrected chi connectivity index (χ4v) is 2.63. The summed E-state index contributed by atoms with van der Waals surface area (Å²) < 4.78 is 44.2. The molecule has 0 aliphatic carbocycles. The predicted molar refractivity (Wildman–Crippen MR) is 89.8 cm³/mol. The van der Waals surface area contributed by atoms with Crippen molar-refractivity contribution in [2.75, 3.05) is 51.3 Å². The van der Waals surface area contributed by atoms with Crippen LogP contribution in [0.5, 0.6) is 0 Å². The maximum Gasteiger partial charge on any atom is 0.418 e. The highest BCUT2D eigenvalue weighted by molar-refractivity contribution is 6.30. The minimum atomic E-state index is -4.58. The fourth-order valence-electron chi connectivity index (χ4n) is 2.46. The summed E-state index contributed by atoms with van der Waals surface area (Å²) in [6.07, 6.45) is -4.49. The molecule has 140 valence electrons. The number of nitrogens with zero attached hydrogens (tertiary/aromatic N) is 1. The number of halogens is 4. The van der Waals surface area contributed by atoms with Gasteiger partial charge in [0.05, 0.1) is 24.5 Å². The Labute approximate surface area is 149 Å². The third kappa shape index (κ3) is 6.81. The molecular formula is C16H21ClF3N3O2. The first-order valence-electron chi connectivity index (χ1n) is 8.03. The molecule has 2 N–H and O–H groups in total. The highest BCUT2D eigenvalue weighted by atomic mass is 35.5. The summed E-state index contributed by atoms with van der Waals surface area (Å²) in [5, 5.41) is 5.38. The second-order valence-electron chi connectivity index (χ2n) is 5.69. The number of amides is 1. The van der Waals surface area contributed by atoms with E-state index in [9.17, 15) is 18.0 Å². The maximum absolute atomic E-state index is 13.0. The van der Waals surface area contributed by atoms with Gasteiger partial charge in [0.15, 0.2) is 0 Å². The largest absolute Gasteiger partial charge is 0.418 e. The van der Waals surface area contributed by atoms with Crippen LogP contribution in [-0.2, 0) is 15.7 Å². The van der Waals surface area contributed by atoms with Crippen molar-refractivity contribution in [3.05, 3.63) is 28.8 Å². The highest BCUT2D eigenvalue weighted by Crippen LogP contribution is 2.36. The number of carbonyl (C=O) groups is 1. The van der Waals surface area contributed by atoms with E-state index in [1.807, 2.05) is 0 Å². The molecule has 1 aromatic carbocycles. The zero-order valence-corrected chi connectivity index (χ0v) is 14.4. The molecule has 0 spiro atoms. The van der Waals surface area contributed by atoms with Gasteiger partial charge in [0.25, 0.3) is 0 Å². The Hall–Kier alpha value is -1.35. The van der Waals surface area contributed by atoms with Gasteiger partial charge in [-0.25, -0.2) is 0 Å². The van der Waals surface area contributed by atoms with Crippen LogP contribution >= 0.6 is 11.6 Å². The van der Waals surface area contributed by atoms with Crippen LogP contribution in [0.2, 0.25) is 5.02 Å². The maximum atomic E-state index is 13.0. The lowest BCUT2D eigenvalue weighted by molar-refractivity contribution is -0.137. The number of rotatable bonds is 7. The van der Waals surface area contributed by atoms with Gasteiger partial charge in [0.1, 0.15) is 0 Å². The van der Waals surface area contributed by atoms with Gasteiger partial charge in [-0.05, 0) is 18.2 Å². The molecule has 0 bridgehead atoms. The van der Waals surface area contributed by atoms with E-state index < -0.39 is 17.6 Å². The summed E-state index contributed by atoms with van der Waals surface area (Å²) in [6.45, 7) is 5.18. The van der Waals surface area contributed by atoms with E-state index in [0.717, 1.165) is 45.0 Å². The number of morpholine rings is 1. The van der Waals surface area contributed by atoms with Crippen molar-refractivity contribution < 1.29 is 22.7 Å². The first-order chi connectivity index (χ1) is 11.9. The molecule has 0 saturated carbocycles. The predicted octanol–water partition coefficient (Wildman–Crippen LogP) is 2.61. The lowest BCUT2D eigenvalue weighted by Crippen LogP contribution is -2.40. The lowest BCUT2D eigenvalue weighted by atomic mass is 10.1. The van der Waals surface area contributed by atoms with Crippen LogP contribution < -0.4 is 10.6 Å². The van der Waals surface area contributed by atoms with E-state index in [1.165, 1.54) is 6.07 Å². The van der Waals surface area contributed by atoms with Crippen LogP contribution in [0, 0.1) is 0 Å². The molecule has 1 amide bonds. The number of carbonyl (C=O) groups excluding carboxylic acids is 1. The van der Waals surface area contributed by atoms with E-state index in [1.54, 1.807) is 0 Å². The second kappa shape index (κ2) is 9.38. The fraction of sp³-hybridized carbons (Fsp3) is 0.562. The zero-order chi connectivity index (χ0) is 18.3. The first-order valence-corrected chi connectivity index (χ1v) is 8.41. The molecule has 2 rings (SSSR count). The molecule has 9 heteroatoms. The summed E-state index contributed by atoms with van der Waals surface area (Å²) in [6, 6.07) is 3.28. The molecule has 1 saturated heterocycles. The van der Waals surface area contributed by atoms with Crippen LogP contribution in [0.15, 0.2) is 18.2 Å². The molecule has 0 radical (unpaired) electrons. The normalized spacial score (nSPS) is 16.0. The van der Waals surface area contributed by atoms with Gasteiger partial charge in [0, 0.05) is 44.2 Å². The number of ether oxygens (including phenoxy) is 1. The topological polar surface area (TPSA) is 53.6 Å². The zero-order valence-electron chi connectivity index (χ0n) is 13.7. The van der Waals surface area contributed by atoms with Gasteiger partial charge in [0.2, 0.25) is 5.91 Å². The average Bonchev–Trinajstić information content (AvgIpc) is 2.56. The highest BCUT2D eigenvalue weighted by Gasteiger charge is 2.34. The molecule has 25 heavy (non-hydrogen) atoms. The summed E-state index contributed by atoms with van der Waals surface area (Å²) in [5.74, 6) is -0.480. The standard InChI is InChI=1S/C16H21ClF3N3O2/c17-12-1-2-14(13(11-12)16(18,19)20)22-15(24)3-4-21-5-6-23-7-9-25-10-8-23/h1-2,11,21H,3-10H2,(H,22,24). The molecule has 0 aromatic heterocycles. The molecule has 0 atom stereocenters. The van der Waals surface area contributed by atoms with E-state index in [2.05, 4.69) is 15.5 Å². The van der Waals surface area contributed by atoms with Crippen molar-refractivity contribution in [1.82, 2.24) is 10.2 Å². The summed E-state index contributed by atoms with van der Waals surface area (Å²) in [7, 11) is 0. The molecule has 5 nitrogen and oxygen atoms in total. The van der Waals surface area contributed by atoms with Gasteiger partial charge in [-0.1, -0.05) is 11.6 Å². The Bertz CT molecular complexity index is 578. The van der Waals surface area contributed by atoms with Crippen LogP contribution in [0.1, 0.15) is 12.0 Å². The van der Waals surface area contributed by atoms with Crippen LogP contribution in [0.4, 0.5) is 18.9 Å². The number of anilines is 1. The van der Waals surface area contributed by atoms with Gasteiger partial charge in [-0.15, -0.1) is 0 Å². The lowest BCUT2D eigenvalue weighted by Gasteiger charge is -2.26. The molecular weight excluding hydrogens is 359 g/mol. The molecule has 1 fully saturated rings. The summed E-state index contributed by atoms with van der Waals surface area (Å²) in [5.41, 5.74) is -1.23. The Morgan fingerprint density at radius 2 is 1.96 bits per heavy atom. The van der Waals surface area contributed by atoms with Gasteiger partial charge in [-0.2, -0.15) is 13.2 Å². The van der Waals surface area contributed by atoms with Crippen molar-refractivity contribution in [3.63, 3.8) is 0 Å². The van der Waals surface area contributed by atoms with Crippen molar-refractivity contribution >= 4 is 23.2 Å². The third-order valence-electron chi connectivity index (χ3n) is 3.80. The first kappa shape index (κ1) is 20.0. The van der Waals surface area contributed by atoms with Crippen molar-refractivity contribution in [3.8, 4) is 0 Å². The SMILES string of the molecule is O=C(CCNCCN1CCOCC1)Nc1ccc(Cl)cc1C(F)(F)F. The molecule has 1 aliphatic rings. The molecule has 0 unspecified atom stereocenters. The monoisotopic (exact) mass is 379 g/mol. The van der Waals surface area contributed by atoms with Crippen LogP contribution in [-0.4, -0.2) is 56.7 Å². The quantitative estimate of drug-likeness (QED) is 0.715. The van der Waals surface area contributed by atoms with E-state index >= 15 is 0 Å². The van der Waals surface area contributed by atoms with Gasteiger partial charge >= 0.3 is 6.18 Å². The molecule has 1 aliphatic heterocycles. The smallest absolute Gasteiger partial charge is 0.379 e. The Kier molecular flexibility index (Phi) is 7.49. The van der Waals surface area contributed by atoms with Crippen molar-refractivity contribution in [2.45, 2.75) is 12.6 Å². The van der Waals surface area contributed by atoms with Gasteiger partial charge in [-0.3, -0.25) is 9.69 Å². The number of hydrogen-bond acceptors (Lipinski definition) is 4.